The van der Waals surface area contributed by atoms with Gasteiger partial charge in [-0.3, -0.25) is 0 Å². The van der Waals surface area contributed by atoms with Gasteiger partial charge in [0.05, 0.1) is 11.6 Å². The van der Waals surface area contributed by atoms with E-state index in [0.29, 0.717) is 22.9 Å². The highest BCUT2D eigenvalue weighted by Crippen LogP contribution is 2.27. The highest BCUT2D eigenvalue weighted by molar-refractivity contribution is 5.69. The molecule has 1 aromatic heterocycles. The number of halogens is 1. The van der Waals surface area contributed by atoms with Gasteiger partial charge < -0.3 is 10.6 Å². The van der Waals surface area contributed by atoms with Crippen LogP contribution in [0.1, 0.15) is 22.3 Å². The fourth-order valence-electron chi connectivity index (χ4n) is 2.83. The van der Waals surface area contributed by atoms with Crippen molar-refractivity contribution in [1.29, 1.82) is 10.5 Å². The van der Waals surface area contributed by atoms with Crippen molar-refractivity contribution in [3.05, 3.63) is 76.7 Å². The molecule has 6 nitrogen and oxygen atoms in total. The van der Waals surface area contributed by atoms with E-state index < -0.39 is 5.83 Å². The van der Waals surface area contributed by atoms with Crippen LogP contribution < -0.4 is 10.6 Å². The van der Waals surface area contributed by atoms with Crippen LogP contribution in [0.5, 0.6) is 0 Å². The second kappa shape index (κ2) is 8.64. The first-order valence-corrected chi connectivity index (χ1v) is 8.74. The van der Waals surface area contributed by atoms with E-state index in [2.05, 4.69) is 26.7 Å². The minimum absolute atomic E-state index is 0.408. The summed E-state index contributed by atoms with van der Waals surface area (Å²) in [5.74, 6) is 0.165. The number of nitrogens with one attached hydrogen (secondary N) is 2. The van der Waals surface area contributed by atoms with Crippen LogP contribution in [0.2, 0.25) is 0 Å². The molecule has 0 aliphatic heterocycles. The van der Waals surface area contributed by atoms with E-state index in [1.807, 2.05) is 13.8 Å². The summed E-state index contributed by atoms with van der Waals surface area (Å²) in [5.41, 5.74) is 4.59. The predicted octanol–water partition coefficient (Wildman–Crippen LogP) is 5.29. The lowest BCUT2D eigenvalue weighted by atomic mass is 10.0. The summed E-state index contributed by atoms with van der Waals surface area (Å²) in [6, 6.07) is 15.9. The number of anilines is 4. The first-order chi connectivity index (χ1) is 14.0. The summed E-state index contributed by atoms with van der Waals surface area (Å²) in [4.78, 5) is 8.67. The second-order valence-corrected chi connectivity index (χ2v) is 6.34. The largest absolute Gasteiger partial charge is 0.340 e. The molecule has 142 valence electrons. The average Bonchev–Trinajstić information content (AvgIpc) is 2.71. The van der Waals surface area contributed by atoms with Gasteiger partial charge in [0.2, 0.25) is 11.8 Å². The molecule has 0 saturated carbocycles. The number of nitriles is 2. The number of allylic oxidation sites excluding steroid dienone is 1. The van der Waals surface area contributed by atoms with Gasteiger partial charge >= 0.3 is 0 Å². The number of aromatic nitrogens is 2. The predicted molar refractivity (Wildman–Crippen MR) is 110 cm³/mol. The Kier molecular flexibility index (Phi) is 5.82. The molecule has 3 aromatic rings. The summed E-state index contributed by atoms with van der Waals surface area (Å²) < 4.78 is 13.2. The molecule has 2 aromatic carbocycles. The van der Waals surface area contributed by atoms with Gasteiger partial charge in [0.1, 0.15) is 11.9 Å². The Labute approximate surface area is 168 Å². The number of hydrogen-bond donors (Lipinski definition) is 2. The first kappa shape index (κ1) is 19.5. The Balaban J connectivity index is 1.81. The van der Waals surface area contributed by atoms with E-state index in [-0.39, 0.29) is 0 Å². The van der Waals surface area contributed by atoms with Gasteiger partial charge in [0.15, 0.2) is 0 Å². The van der Waals surface area contributed by atoms with Gasteiger partial charge in [-0.25, -0.2) is 4.98 Å². The number of aryl methyl sites for hydroxylation is 2. The normalized spacial score (nSPS) is 10.7. The van der Waals surface area contributed by atoms with Crippen molar-refractivity contribution in [2.75, 3.05) is 10.6 Å². The van der Waals surface area contributed by atoms with Crippen LogP contribution in [0.4, 0.5) is 27.5 Å². The fraction of sp³-hybridized carbons (Fsp3) is 0.0909. The molecule has 0 radical (unpaired) electrons. The van der Waals surface area contributed by atoms with Gasteiger partial charge in [0.25, 0.3) is 0 Å². The van der Waals surface area contributed by atoms with E-state index >= 15 is 0 Å². The Morgan fingerprint density at radius 3 is 2.34 bits per heavy atom. The molecule has 3 rings (SSSR count). The van der Waals surface area contributed by atoms with Gasteiger partial charge in [-0.15, -0.1) is 0 Å². The standard InChI is InChI=1S/C22H17FN6/c1-14-9-17(11-18(23)13-25)10-15(2)21(14)28-20-7-8-26-22(29-20)27-19-5-3-16(12-24)4-6-19/h3-11H,1-2H3,(H2,26,27,28,29)/b18-11+. The smallest absolute Gasteiger partial charge is 0.229 e. The SMILES string of the molecule is Cc1cc(/C=C(/F)C#N)cc(C)c1Nc1ccnc(Nc2ccc(C#N)cc2)n1. The Morgan fingerprint density at radius 1 is 1.03 bits per heavy atom. The molecule has 0 amide bonds. The summed E-state index contributed by atoms with van der Waals surface area (Å²) >= 11 is 0. The summed E-state index contributed by atoms with van der Waals surface area (Å²) in [7, 11) is 0. The lowest BCUT2D eigenvalue weighted by Gasteiger charge is -2.14. The van der Waals surface area contributed by atoms with Crippen molar-refractivity contribution in [1.82, 2.24) is 9.97 Å². The minimum atomic E-state index is -0.834. The Morgan fingerprint density at radius 2 is 1.72 bits per heavy atom. The van der Waals surface area contributed by atoms with Gasteiger partial charge in [-0.05, 0) is 79.1 Å². The van der Waals surface area contributed by atoms with Gasteiger partial charge in [0, 0.05) is 17.6 Å². The second-order valence-electron chi connectivity index (χ2n) is 6.34. The summed E-state index contributed by atoms with van der Waals surface area (Å²) in [6.45, 7) is 3.79. The average molecular weight is 384 g/mol. The molecule has 0 saturated heterocycles. The third-order valence-corrected chi connectivity index (χ3v) is 4.13. The molecule has 0 unspecified atom stereocenters. The zero-order chi connectivity index (χ0) is 20.8. The number of hydrogen-bond acceptors (Lipinski definition) is 6. The highest BCUT2D eigenvalue weighted by atomic mass is 19.1. The molecule has 0 spiro atoms. The molecule has 0 atom stereocenters. The molecular formula is C22H17FN6. The van der Waals surface area contributed by atoms with Crippen LogP contribution in [0.15, 0.2) is 54.5 Å². The van der Waals surface area contributed by atoms with Crippen molar-refractivity contribution < 1.29 is 4.39 Å². The molecule has 29 heavy (non-hydrogen) atoms. The minimum Gasteiger partial charge on any atom is -0.340 e. The van der Waals surface area contributed by atoms with Crippen LogP contribution >= 0.6 is 0 Å². The van der Waals surface area contributed by atoms with E-state index in [1.165, 1.54) is 12.1 Å². The molecule has 2 N–H and O–H groups in total. The van der Waals surface area contributed by atoms with Crippen LogP contribution in [0, 0.1) is 36.5 Å². The molecule has 7 heteroatoms. The third kappa shape index (κ3) is 4.94. The van der Waals surface area contributed by atoms with Crippen molar-refractivity contribution in [2.24, 2.45) is 0 Å². The topological polar surface area (TPSA) is 97.4 Å². The monoisotopic (exact) mass is 384 g/mol. The summed E-state index contributed by atoms with van der Waals surface area (Å²) in [6.07, 6.45) is 2.83. The van der Waals surface area contributed by atoms with Gasteiger partial charge in [-0.1, -0.05) is 0 Å². The van der Waals surface area contributed by atoms with Crippen molar-refractivity contribution in [3.8, 4) is 12.1 Å². The van der Waals surface area contributed by atoms with Crippen LogP contribution in [-0.4, -0.2) is 9.97 Å². The highest BCUT2D eigenvalue weighted by Gasteiger charge is 2.08. The van der Waals surface area contributed by atoms with E-state index in [1.54, 1.807) is 48.7 Å². The lowest BCUT2D eigenvalue weighted by molar-refractivity contribution is 0.679. The van der Waals surface area contributed by atoms with E-state index in [0.717, 1.165) is 22.5 Å². The molecule has 0 aliphatic carbocycles. The number of nitrogens with zero attached hydrogens (tertiary/aromatic N) is 4. The van der Waals surface area contributed by atoms with E-state index in [9.17, 15) is 4.39 Å². The quantitative estimate of drug-likeness (QED) is 0.580. The maximum Gasteiger partial charge on any atom is 0.229 e. The van der Waals surface area contributed by atoms with Crippen LogP contribution in [0.25, 0.3) is 6.08 Å². The molecule has 0 fully saturated rings. The van der Waals surface area contributed by atoms with Crippen molar-refractivity contribution in [3.63, 3.8) is 0 Å². The van der Waals surface area contributed by atoms with Crippen molar-refractivity contribution >= 4 is 29.2 Å². The molecule has 0 bridgehead atoms. The Hall–Kier alpha value is -4.23. The maximum atomic E-state index is 13.2. The zero-order valence-electron chi connectivity index (χ0n) is 15.9. The molecular weight excluding hydrogens is 367 g/mol. The number of benzene rings is 2. The molecule has 0 aliphatic rings. The number of rotatable bonds is 5. The van der Waals surface area contributed by atoms with Crippen LogP contribution in [-0.2, 0) is 0 Å². The lowest BCUT2D eigenvalue weighted by Crippen LogP contribution is -2.02. The fourth-order valence-corrected chi connectivity index (χ4v) is 2.83. The maximum absolute atomic E-state index is 13.2. The first-order valence-electron chi connectivity index (χ1n) is 8.74. The summed E-state index contributed by atoms with van der Waals surface area (Å²) in [5, 5.41) is 23.8. The molecule has 1 heterocycles. The zero-order valence-corrected chi connectivity index (χ0v) is 15.9. The van der Waals surface area contributed by atoms with Gasteiger partial charge in [-0.2, -0.15) is 19.9 Å². The third-order valence-electron chi connectivity index (χ3n) is 4.13. The van der Waals surface area contributed by atoms with Crippen LogP contribution in [0.3, 0.4) is 0 Å². The van der Waals surface area contributed by atoms with E-state index in [4.69, 9.17) is 10.5 Å². The van der Waals surface area contributed by atoms with Crippen molar-refractivity contribution in [2.45, 2.75) is 13.8 Å². The Bertz CT molecular complexity index is 1130.